The van der Waals surface area contributed by atoms with Gasteiger partial charge in [0.25, 0.3) is 0 Å². The van der Waals surface area contributed by atoms with Crippen molar-refractivity contribution in [2.45, 2.75) is 135 Å². The fourth-order valence-corrected chi connectivity index (χ4v) is 6.06. The van der Waals surface area contributed by atoms with Crippen molar-refractivity contribution in [1.82, 2.24) is 0 Å². The molecule has 0 radical (unpaired) electrons. The lowest BCUT2D eigenvalue weighted by Gasteiger charge is -2.14. The molecule has 0 spiro atoms. The minimum absolute atomic E-state index is 0.320. The van der Waals surface area contributed by atoms with Crippen LogP contribution in [0.2, 0.25) is 0 Å². The Morgan fingerprint density at radius 2 is 0.641 bits per heavy atom. The van der Waals surface area contributed by atoms with Gasteiger partial charge in [0.1, 0.15) is 30.3 Å². The highest BCUT2D eigenvalue weighted by atomic mass is 16.5. The first-order chi connectivity index (χ1) is 31.7. The molecule has 0 saturated heterocycles. The maximum absolute atomic E-state index is 10.9. The molecule has 1 atom stereocenters. The van der Waals surface area contributed by atoms with E-state index < -0.39 is 6.10 Å². The number of unbranched alkanes of at least 4 members (excludes halogenated alkanes) is 18. The van der Waals surface area contributed by atoms with E-state index in [0.29, 0.717) is 19.8 Å². The summed E-state index contributed by atoms with van der Waals surface area (Å²) in [6.45, 7) is 2.34. The van der Waals surface area contributed by atoms with Crippen LogP contribution in [-0.2, 0) is 4.74 Å². The summed E-state index contributed by atoms with van der Waals surface area (Å²) in [5.74, 6) is 51.8. The smallest absolute Gasteiger partial charge is 0.124 e. The van der Waals surface area contributed by atoms with Crippen LogP contribution in [0.1, 0.15) is 146 Å². The number of aliphatic hydroxyl groups is 2. The lowest BCUT2D eigenvalue weighted by Crippen LogP contribution is -2.02. The van der Waals surface area contributed by atoms with Crippen molar-refractivity contribution >= 4 is 0 Å². The highest BCUT2D eigenvalue weighted by Gasteiger charge is 2.11. The van der Waals surface area contributed by atoms with Crippen molar-refractivity contribution in [3.05, 3.63) is 59.7 Å². The first kappa shape index (κ1) is 53.1. The quantitative estimate of drug-likeness (QED) is 0.0631. The molecular formula is C59H60O5. The van der Waals surface area contributed by atoms with E-state index in [-0.39, 0.29) is 0 Å². The molecule has 64 heavy (non-hydrogen) atoms. The maximum atomic E-state index is 10.9. The molecular weight excluding hydrogens is 789 g/mol. The second kappa shape index (κ2) is 41.3. The Morgan fingerprint density at radius 1 is 0.359 bits per heavy atom. The van der Waals surface area contributed by atoms with Gasteiger partial charge in [-0.3, -0.25) is 0 Å². The zero-order chi connectivity index (χ0) is 45.5. The molecule has 5 nitrogen and oxygen atoms in total. The van der Waals surface area contributed by atoms with E-state index >= 15 is 0 Å². The van der Waals surface area contributed by atoms with Gasteiger partial charge in [-0.25, -0.2) is 0 Å². The molecule has 0 fully saturated rings. The summed E-state index contributed by atoms with van der Waals surface area (Å²) in [5, 5.41) is 19.8. The van der Waals surface area contributed by atoms with Crippen molar-refractivity contribution in [3.63, 3.8) is 0 Å². The Bertz CT molecular complexity index is 2320. The van der Waals surface area contributed by atoms with Gasteiger partial charge in [0.05, 0.1) is 13.2 Å². The summed E-state index contributed by atoms with van der Waals surface area (Å²) < 4.78 is 17.2. The predicted octanol–water partition coefficient (Wildman–Crippen LogP) is 9.96. The van der Waals surface area contributed by atoms with E-state index in [9.17, 15) is 5.11 Å². The number of hydrogen-bond acceptors (Lipinski definition) is 5. The van der Waals surface area contributed by atoms with E-state index in [1.165, 1.54) is 89.9 Å². The van der Waals surface area contributed by atoms with Gasteiger partial charge in [0.2, 0.25) is 0 Å². The average molecular weight is 849 g/mol. The maximum Gasteiger partial charge on any atom is 0.124 e. The molecule has 5 heteroatoms. The number of terminal acetylenes is 1. The average Bonchev–Trinajstić information content (AvgIpc) is 3.32. The highest BCUT2D eigenvalue weighted by molar-refractivity contribution is 5.47. The molecule has 1 unspecified atom stereocenters. The zero-order valence-corrected chi connectivity index (χ0v) is 37.4. The fraction of sp³-hybridized carbons (Fsp3) is 0.424. The standard InChI is InChI=1S/C59H60O5/c1-2-3-4-5-6-7-8-9-10-11-12-13-14-15-16-18-23-28-33-38-51-62-52-39-34-29-24-20-21-26-31-36-41-54-64-58-48-44-56(45-49-58)59(61)55-42-46-57(47-43-55)63-53-40-35-30-25-19-17-22-27-32-37-50-60/h1,42-49,59-61H,17,19-22,24-27,29-32,34-37,39-41,50,52-54H2. The number of hydrogen-bond donors (Lipinski definition) is 2. The first-order valence-corrected chi connectivity index (χ1v) is 22.6. The molecule has 2 aromatic rings. The lowest BCUT2D eigenvalue weighted by molar-refractivity contribution is 0.220. The molecule has 2 N–H and O–H groups in total. The van der Waals surface area contributed by atoms with E-state index in [4.69, 9.17) is 25.7 Å². The van der Waals surface area contributed by atoms with Gasteiger partial charge in [0.15, 0.2) is 0 Å². The fourth-order valence-electron chi connectivity index (χ4n) is 6.06. The van der Waals surface area contributed by atoms with Crippen LogP contribution in [0.25, 0.3) is 0 Å². The summed E-state index contributed by atoms with van der Waals surface area (Å²) in [6, 6.07) is 15.5. The van der Waals surface area contributed by atoms with Gasteiger partial charge in [-0.05, 0) is 108 Å². The first-order valence-electron chi connectivity index (χ1n) is 22.6. The minimum atomic E-state index is -0.695. The number of benzene rings is 2. The van der Waals surface area contributed by atoms with Crippen LogP contribution in [-0.4, -0.2) is 36.6 Å². The molecule has 0 aliphatic heterocycles. The molecule has 0 bridgehead atoms. The van der Waals surface area contributed by atoms with Gasteiger partial charge in [-0.2, -0.15) is 0 Å². The lowest BCUT2D eigenvalue weighted by atomic mass is 10.0. The third kappa shape index (κ3) is 31.7. The summed E-state index contributed by atoms with van der Waals surface area (Å²) in [6.07, 6.45) is 30.6. The molecule has 0 aliphatic rings. The molecule has 0 aliphatic carbocycles. The summed E-state index contributed by atoms with van der Waals surface area (Å²) >= 11 is 0. The van der Waals surface area contributed by atoms with Crippen LogP contribution in [0.5, 0.6) is 11.5 Å². The Morgan fingerprint density at radius 3 is 0.969 bits per heavy atom. The van der Waals surface area contributed by atoms with E-state index in [2.05, 4.69) is 125 Å². The third-order valence-corrected chi connectivity index (χ3v) is 9.44. The van der Waals surface area contributed by atoms with Gasteiger partial charge >= 0.3 is 0 Å². The number of aliphatic hydroxyl groups excluding tert-OH is 2. The molecule has 2 aromatic carbocycles. The Hall–Kier alpha value is -7.08. The van der Waals surface area contributed by atoms with Crippen LogP contribution < -0.4 is 9.47 Å². The predicted molar refractivity (Wildman–Crippen MR) is 260 cm³/mol. The largest absolute Gasteiger partial charge is 0.494 e. The Labute approximate surface area is 386 Å². The second-order valence-corrected chi connectivity index (χ2v) is 14.5. The van der Waals surface area contributed by atoms with Crippen molar-refractivity contribution in [2.24, 2.45) is 0 Å². The van der Waals surface area contributed by atoms with Crippen LogP contribution in [0.3, 0.4) is 0 Å². The monoisotopic (exact) mass is 848 g/mol. The van der Waals surface area contributed by atoms with Crippen molar-refractivity contribution in [1.29, 1.82) is 0 Å². The summed E-state index contributed by atoms with van der Waals surface area (Å²) in [5.41, 5.74) is 1.68. The molecule has 0 aromatic heterocycles. The van der Waals surface area contributed by atoms with Crippen LogP contribution in [0, 0.1) is 131 Å². The van der Waals surface area contributed by atoms with Crippen LogP contribution in [0.15, 0.2) is 48.5 Å². The summed E-state index contributed by atoms with van der Waals surface area (Å²) in [7, 11) is 0. The summed E-state index contributed by atoms with van der Waals surface area (Å²) in [4.78, 5) is 0. The Balaban J connectivity index is 1.42. The van der Waals surface area contributed by atoms with Crippen molar-refractivity contribution < 1.29 is 24.4 Å². The molecule has 2 rings (SSSR count). The molecule has 0 saturated carbocycles. The van der Waals surface area contributed by atoms with Gasteiger partial charge in [0, 0.05) is 77.7 Å². The Kier molecular flexibility index (Phi) is 34.2. The molecule has 0 heterocycles. The van der Waals surface area contributed by atoms with Gasteiger partial charge < -0.3 is 24.4 Å². The normalized spacial score (nSPS) is 9.27. The van der Waals surface area contributed by atoms with Gasteiger partial charge in [-0.15, -0.1) is 6.42 Å². The van der Waals surface area contributed by atoms with Gasteiger partial charge in [-0.1, -0.05) is 127 Å². The van der Waals surface area contributed by atoms with E-state index in [0.717, 1.165) is 67.8 Å². The number of rotatable bonds is 29. The number of ether oxygens (including phenoxy) is 3. The van der Waals surface area contributed by atoms with Crippen molar-refractivity contribution in [3.8, 4) is 142 Å². The molecule has 326 valence electrons. The SMILES string of the molecule is C#CC#CC#CC#CC#CC#CC#CC#CC#CC#CC#COCCCCCCCCCCCCOc1ccc(C(O)c2ccc(OCCCCCCCCCCCCO)cc2)cc1. The second-order valence-electron chi connectivity index (χ2n) is 14.5. The third-order valence-electron chi connectivity index (χ3n) is 9.44. The topological polar surface area (TPSA) is 68.2 Å². The minimum Gasteiger partial charge on any atom is -0.494 e. The van der Waals surface area contributed by atoms with Crippen LogP contribution >= 0.6 is 0 Å². The highest BCUT2D eigenvalue weighted by Crippen LogP contribution is 2.26. The molecule has 0 amide bonds. The van der Waals surface area contributed by atoms with Crippen LogP contribution in [0.4, 0.5) is 0 Å². The van der Waals surface area contributed by atoms with Crippen molar-refractivity contribution in [2.75, 3.05) is 26.4 Å². The van der Waals surface area contributed by atoms with E-state index in [1.807, 2.05) is 48.5 Å². The van der Waals surface area contributed by atoms with E-state index in [1.54, 1.807) is 0 Å². The zero-order valence-electron chi connectivity index (χ0n) is 37.4.